The van der Waals surface area contributed by atoms with Gasteiger partial charge in [-0.2, -0.15) is 0 Å². The van der Waals surface area contributed by atoms with E-state index in [1.54, 1.807) is 20.2 Å². The third-order valence-corrected chi connectivity index (χ3v) is 6.64. The fourth-order valence-electron chi connectivity index (χ4n) is 4.76. The number of hydrogen-bond acceptors (Lipinski definition) is 6. The van der Waals surface area contributed by atoms with Gasteiger partial charge in [-0.25, -0.2) is 8.78 Å². The van der Waals surface area contributed by atoms with Crippen molar-refractivity contribution < 1.29 is 33.3 Å². The van der Waals surface area contributed by atoms with Crippen LogP contribution < -0.4 is 15.8 Å². The van der Waals surface area contributed by atoms with E-state index in [4.69, 9.17) is 10.5 Å². The van der Waals surface area contributed by atoms with Crippen molar-refractivity contribution in [1.29, 1.82) is 0 Å². The maximum absolute atomic E-state index is 14.1. The van der Waals surface area contributed by atoms with E-state index >= 15 is 0 Å². The highest BCUT2D eigenvalue weighted by Crippen LogP contribution is 2.36. The number of primary amides is 1. The van der Waals surface area contributed by atoms with E-state index in [-0.39, 0.29) is 35.2 Å². The molecule has 0 aromatic heterocycles. The molecular formula is C30H35F2N3O5. The number of phenols is 1. The van der Waals surface area contributed by atoms with Crippen molar-refractivity contribution in [3.63, 3.8) is 0 Å². The Kier molecular flexibility index (Phi) is 10.6. The van der Waals surface area contributed by atoms with Crippen molar-refractivity contribution in [2.45, 2.75) is 38.3 Å². The van der Waals surface area contributed by atoms with Gasteiger partial charge in [-0.1, -0.05) is 19.1 Å². The molecule has 8 nitrogen and oxygen atoms in total. The number of nitrogens with two attached hydrogens (primary N) is 1. The lowest BCUT2D eigenvalue weighted by Crippen LogP contribution is -2.36. The van der Waals surface area contributed by atoms with Gasteiger partial charge in [0.1, 0.15) is 23.1 Å². The number of ether oxygens (including phenoxy) is 1. The third-order valence-electron chi connectivity index (χ3n) is 6.64. The molecule has 2 atom stereocenters. The number of benzene rings is 3. The number of aliphatic hydroxyl groups is 1. The highest BCUT2D eigenvalue weighted by atomic mass is 19.1. The van der Waals surface area contributed by atoms with E-state index in [1.807, 2.05) is 25.1 Å². The van der Waals surface area contributed by atoms with Crippen LogP contribution in [-0.2, 0) is 13.0 Å². The van der Waals surface area contributed by atoms with Crippen LogP contribution in [0.1, 0.15) is 56.7 Å². The molecule has 3 aromatic carbocycles. The van der Waals surface area contributed by atoms with Crippen molar-refractivity contribution >= 4 is 11.8 Å². The molecule has 5 N–H and O–H groups in total. The van der Waals surface area contributed by atoms with Crippen LogP contribution in [0.2, 0.25) is 0 Å². The maximum Gasteiger partial charge on any atom is 0.257 e. The van der Waals surface area contributed by atoms with Gasteiger partial charge >= 0.3 is 0 Å². The summed E-state index contributed by atoms with van der Waals surface area (Å²) in [5.74, 6) is -3.88. The number of nitrogens with one attached hydrogen (secondary N) is 1. The smallest absolute Gasteiger partial charge is 0.257 e. The van der Waals surface area contributed by atoms with Crippen LogP contribution in [0.3, 0.4) is 0 Å². The minimum absolute atomic E-state index is 0.0146. The number of carbonyl (C=O) groups excluding carboxylic acids is 2. The SMILES string of the molecule is CCCN(C)C(=O)c1c(O)ccc(C(N)=O)c1[C@H](Cc1cc(F)cc(F)c1)[C@@H](O)CNCc1cccc(OC)c1. The number of halogens is 2. The summed E-state index contributed by atoms with van der Waals surface area (Å²) in [6.45, 7) is 2.57. The number of methoxy groups -OCH3 is 1. The fraction of sp³-hybridized carbons (Fsp3) is 0.333. The van der Waals surface area contributed by atoms with Crippen molar-refractivity contribution in [3.05, 3.63) is 94.0 Å². The van der Waals surface area contributed by atoms with Crippen LogP contribution >= 0.6 is 0 Å². The van der Waals surface area contributed by atoms with Crippen LogP contribution in [-0.4, -0.2) is 60.3 Å². The first kappa shape index (κ1) is 30.5. The van der Waals surface area contributed by atoms with Gasteiger partial charge in [0.15, 0.2) is 0 Å². The zero-order chi connectivity index (χ0) is 29.4. The van der Waals surface area contributed by atoms with Crippen molar-refractivity contribution in [2.24, 2.45) is 5.73 Å². The molecule has 0 radical (unpaired) electrons. The Balaban J connectivity index is 2.07. The zero-order valence-corrected chi connectivity index (χ0v) is 22.8. The molecule has 0 aliphatic heterocycles. The Labute approximate surface area is 232 Å². The summed E-state index contributed by atoms with van der Waals surface area (Å²) in [7, 11) is 3.10. The summed E-state index contributed by atoms with van der Waals surface area (Å²) in [4.78, 5) is 27.4. The minimum atomic E-state index is -1.26. The number of amides is 2. The first-order chi connectivity index (χ1) is 19.0. The van der Waals surface area contributed by atoms with Gasteiger partial charge in [0.05, 0.1) is 18.8 Å². The van der Waals surface area contributed by atoms with Crippen molar-refractivity contribution in [2.75, 3.05) is 27.2 Å². The number of rotatable bonds is 13. The van der Waals surface area contributed by atoms with E-state index in [1.165, 1.54) is 17.0 Å². The summed E-state index contributed by atoms with van der Waals surface area (Å²) in [5, 5.41) is 25.4. The Bertz CT molecular complexity index is 1330. The van der Waals surface area contributed by atoms with Crippen LogP contribution in [0.15, 0.2) is 54.6 Å². The molecule has 0 bridgehead atoms. The molecule has 0 heterocycles. The lowest BCUT2D eigenvalue weighted by molar-refractivity contribution is 0.0787. The summed E-state index contributed by atoms with van der Waals surface area (Å²) in [6, 6.07) is 12.7. The number of aromatic hydroxyl groups is 1. The van der Waals surface area contributed by atoms with Gasteiger partial charge in [-0.05, 0) is 65.9 Å². The van der Waals surface area contributed by atoms with Crippen LogP contribution in [0.25, 0.3) is 0 Å². The van der Waals surface area contributed by atoms with Gasteiger partial charge in [0, 0.05) is 44.2 Å². The van der Waals surface area contributed by atoms with Crippen LogP contribution in [0, 0.1) is 11.6 Å². The number of carbonyl (C=O) groups is 2. The molecule has 2 amide bonds. The summed E-state index contributed by atoms with van der Waals surface area (Å²) in [5.41, 5.74) is 6.48. The van der Waals surface area contributed by atoms with Gasteiger partial charge in [0.2, 0.25) is 5.91 Å². The Hall–Kier alpha value is -4.02. The second-order valence-electron chi connectivity index (χ2n) is 9.65. The molecular weight excluding hydrogens is 520 g/mol. The highest BCUT2D eigenvalue weighted by molar-refractivity contribution is 6.03. The second-order valence-corrected chi connectivity index (χ2v) is 9.65. The predicted molar refractivity (Wildman–Crippen MR) is 147 cm³/mol. The van der Waals surface area contributed by atoms with E-state index in [9.17, 15) is 28.6 Å². The molecule has 0 unspecified atom stereocenters. The predicted octanol–water partition coefficient (Wildman–Crippen LogP) is 3.74. The number of nitrogens with zero attached hydrogens (tertiary/aromatic N) is 1. The number of aliphatic hydroxyl groups excluding tert-OH is 1. The fourth-order valence-corrected chi connectivity index (χ4v) is 4.76. The van der Waals surface area contributed by atoms with Gasteiger partial charge < -0.3 is 30.9 Å². The molecule has 0 saturated carbocycles. The highest BCUT2D eigenvalue weighted by Gasteiger charge is 2.33. The summed E-state index contributed by atoms with van der Waals surface area (Å²) >= 11 is 0. The average Bonchev–Trinajstić information content (AvgIpc) is 2.90. The zero-order valence-electron chi connectivity index (χ0n) is 22.8. The average molecular weight is 556 g/mol. The van der Waals surface area contributed by atoms with E-state index in [0.29, 0.717) is 25.3 Å². The van der Waals surface area contributed by atoms with Gasteiger partial charge in [-0.3, -0.25) is 9.59 Å². The molecule has 10 heteroatoms. The Morgan fingerprint density at radius 3 is 2.40 bits per heavy atom. The minimum Gasteiger partial charge on any atom is -0.507 e. The molecule has 0 saturated heterocycles. The molecule has 3 aromatic rings. The van der Waals surface area contributed by atoms with Crippen LogP contribution in [0.4, 0.5) is 8.78 Å². The summed E-state index contributed by atoms with van der Waals surface area (Å²) in [6.07, 6.45) is -0.783. The molecule has 214 valence electrons. The molecule has 0 fully saturated rings. The van der Waals surface area contributed by atoms with Gasteiger partial charge in [-0.15, -0.1) is 0 Å². The normalized spacial score (nSPS) is 12.6. The topological polar surface area (TPSA) is 125 Å². The first-order valence-corrected chi connectivity index (χ1v) is 12.9. The largest absolute Gasteiger partial charge is 0.507 e. The Morgan fingerprint density at radius 2 is 1.77 bits per heavy atom. The summed E-state index contributed by atoms with van der Waals surface area (Å²) < 4.78 is 33.4. The van der Waals surface area contributed by atoms with E-state index in [2.05, 4.69) is 5.32 Å². The standard InChI is InChI=1S/C30H35F2N3O5/c1-4-10-35(2)30(39)28-25(36)9-8-23(29(33)38)27(28)24(14-19-11-20(31)15-21(32)12-19)26(37)17-34-16-18-6-5-7-22(13-18)40-3/h5-9,11-13,15,24,26,34,36-37H,4,10,14,16-17H2,1-3H3,(H2,33,38)/t24-,26+/m1/s1. The molecule has 0 aliphatic carbocycles. The number of phenolic OH excluding ortho intramolecular Hbond substituents is 1. The molecule has 0 spiro atoms. The third kappa shape index (κ3) is 7.55. The first-order valence-electron chi connectivity index (χ1n) is 12.9. The molecule has 3 rings (SSSR count). The monoisotopic (exact) mass is 555 g/mol. The molecule has 0 aliphatic rings. The van der Waals surface area contributed by atoms with E-state index in [0.717, 1.165) is 23.8 Å². The van der Waals surface area contributed by atoms with Gasteiger partial charge in [0.25, 0.3) is 5.91 Å². The van der Waals surface area contributed by atoms with Crippen molar-refractivity contribution in [3.8, 4) is 11.5 Å². The Morgan fingerprint density at radius 1 is 1.07 bits per heavy atom. The second kappa shape index (κ2) is 13.9. The lowest BCUT2D eigenvalue weighted by atomic mass is 9.81. The lowest BCUT2D eigenvalue weighted by Gasteiger charge is -2.29. The maximum atomic E-state index is 14.1. The van der Waals surface area contributed by atoms with Crippen molar-refractivity contribution in [1.82, 2.24) is 10.2 Å². The van der Waals surface area contributed by atoms with E-state index < -0.39 is 41.2 Å². The van der Waals surface area contributed by atoms with Crippen LogP contribution in [0.5, 0.6) is 11.5 Å². The number of hydrogen-bond donors (Lipinski definition) is 4. The molecule has 40 heavy (non-hydrogen) atoms. The quantitative estimate of drug-likeness (QED) is 0.255.